The first-order valence-corrected chi connectivity index (χ1v) is 7.94. The molecule has 0 bridgehead atoms. The third kappa shape index (κ3) is 2.07. The first-order valence-electron chi connectivity index (χ1n) is 6.74. The Morgan fingerprint density at radius 3 is 2.60 bits per heavy atom. The van der Waals surface area contributed by atoms with Crippen molar-refractivity contribution in [2.45, 2.75) is 13.8 Å². The van der Waals surface area contributed by atoms with Crippen LogP contribution in [0.15, 0.2) is 18.2 Å². The molecular formula is C15H17ClN2OS. The van der Waals surface area contributed by atoms with Crippen LogP contribution < -0.4 is 5.73 Å². The van der Waals surface area contributed by atoms with E-state index in [0.29, 0.717) is 27.4 Å². The maximum absolute atomic E-state index is 12.7. The van der Waals surface area contributed by atoms with E-state index in [-0.39, 0.29) is 5.91 Å². The quantitative estimate of drug-likeness (QED) is 0.869. The van der Waals surface area contributed by atoms with Crippen LogP contribution in [0.3, 0.4) is 0 Å². The summed E-state index contributed by atoms with van der Waals surface area (Å²) < 4.78 is 0.971. The smallest absolute Gasteiger partial charge is 0.266 e. The van der Waals surface area contributed by atoms with Crippen molar-refractivity contribution >= 4 is 44.6 Å². The molecule has 1 aliphatic rings. The molecule has 20 heavy (non-hydrogen) atoms. The van der Waals surface area contributed by atoms with Crippen LogP contribution >= 0.6 is 22.9 Å². The number of halogens is 1. The van der Waals surface area contributed by atoms with Gasteiger partial charge in [0.05, 0.1) is 10.7 Å². The van der Waals surface area contributed by atoms with E-state index in [1.165, 1.54) is 11.3 Å². The molecule has 1 aromatic carbocycles. The van der Waals surface area contributed by atoms with Crippen LogP contribution in [0.4, 0.5) is 5.69 Å². The Hall–Kier alpha value is -1.26. The van der Waals surface area contributed by atoms with E-state index in [1.807, 2.05) is 17.0 Å². The molecule has 1 aromatic heterocycles. The molecule has 0 saturated carbocycles. The predicted molar refractivity (Wildman–Crippen MR) is 85.5 cm³/mol. The molecule has 2 N–H and O–H groups in total. The van der Waals surface area contributed by atoms with Gasteiger partial charge in [-0.25, -0.2) is 0 Å². The number of nitrogens with two attached hydrogens (primary N) is 1. The molecule has 0 radical (unpaired) electrons. The second-order valence-corrected chi connectivity index (χ2v) is 7.08. The lowest BCUT2D eigenvalue weighted by Crippen LogP contribution is -2.28. The Morgan fingerprint density at radius 1 is 1.35 bits per heavy atom. The van der Waals surface area contributed by atoms with Crippen molar-refractivity contribution in [3.05, 3.63) is 28.1 Å². The number of amides is 1. The van der Waals surface area contributed by atoms with Gasteiger partial charge in [-0.3, -0.25) is 4.79 Å². The van der Waals surface area contributed by atoms with E-state index in [2.05, 4.69) is 13.8 Å². The largest absolute Gasteiger partial charge is 0.397 e. The number of hydrogen-bond donors (Lipinski definition) is 1. The van der Waals surface area contributed by atoms with Crippen LogP contribution in [0.1, 0.15) is 23.5 Å². The summed E-state index contributed by atoms with van der Waals surface area (Å²) in [4.78, 5) is 15.2. The highest BCUT2D eigenvalue weighted by atomic mass is 35.5. The second kappa shape index (κ2) is 4.93. The Balaban J connectivity index is 2.01. The number of nitrogen functional groups attached to an aromatic ring is 1. The molecule has 106 valence electrons. The molecule has 0 aliphatic carbocycles. The lowest BCUT2D eigenvalue weighted by Gasteiger charge is -2.15. The van der Waals surface area contributed by atoms with Gasteiger partial charge in [0.25, 0.3) is 5.91 Å². The summed E-state index contributed by atoms with van der Waals surface area (Å²) in [7, 11) is 0. The van der Waals surface area contributed by atoms with Crippen LogP contribution in [-0.2, 0) is 0 Å². The van der Waals surface area contributed by atoms with Crippen LogP contribution in [0.25, 0.3) is 10.1 Å². The molecule has 3 rings (SSSR count). The highest BCUT2D eigenvalue weighted by Crippen LogP contribution is 2.39. The number of rotatable bonds is 1. The van der Waals surface area contributed by atoms with Gasteiger partial charge in [-0.15, -0.1) is 11.3 Å². The number of carbonyl (C=O) groups is 1. The highest BCUT2D eigenvalue weighted by molar-refractivity contribution is 7.21. The zero-order chi connectivity index (χ0) is 14.4. The van der Waals surface area contributed by atoms with Gasteiger partial charge in [0.2, 0.25) is 0 Å². The fraction of sp³-hybridized carbons (Fsp3) is 0.400. The maximum atomic E-state index is 12.7. The lowest BCUT2D eigenvalue weighted by atomic mass is 10.0. The summed E-state index contributed by atoms with van der Waals surface area (Å²) >= 11 is 7.62. The van der Waals surface area contributed by atoms with Gasteiger partial charge in [-0.2, -0.15) is 0 Å². The zero-order valence-electron chi connectivity index (χ0n) is 11.5. The standard InChI is InChI=1S/C15H17ClN2OS/c1-8-6-18(7-9(8)2)15(19)14-13(17)12-10(16)4-3-5-11(12)20-14/h3-5,8-9H,6-7,17H2,1-2H3. The van der Waals surface area contributed by atoms with Gasteiger partial charge in [-0.05, 0) is 24.0 Å². The van der Waals surface area contributed by atoms with E-state index in [9.17, 15) is 4.79 Å². The Morgan fingerprint density at radius 2 is 2.00 bits per heavy atom. The fourth-order valence-electron chi connectivity index (χ4n) is 2.73. The zero-order valence-corrected chi connectivity index (χ0v) is 13.1. The van der Waals surface area contributed by atoms with E-state index in [0.717, 1.165) is 23.2 Å². The minimum Gasteiger partial charge on any atom is -0.397 e. The van der Waals surface area contributed by atoms with Gasteiger partial charge in [-0.1, -0.05) is 31.5 Å². The molecule has 3 nitrogen and oxygen atoms in total. The molecule has 2 atom stereocenters. The molecule has 1 amide bonds. The molecule has 5 heteroatoms. The minimum absolute atomic E-state index is 0.0379. The Labute approximate surface area is 127 Å². The van der Waals surface area contributed by atoms with Gasteiger partial charge >= 0.3 is 0 Å². The SMILES string of the molecule is CC1CN(C(=O)c2sc3cccc(Cl)c3c2N)CC1C. The van der Waals surface area contributed by atoms with Crippen LogP contribution in [0.2, 0.25) is 5.02 Å². The Bertz CT molecular complexity index is 672. The summed E-state index contributed by atoms with van der Waals surface area (Å²) in [6.45, 7) is 5.98. The molecule has 1 saturated heterocycles. The summed E-state index contributed by atoms with van der Waals surface area (Å²) in [5, 5.41) is 1.42. The normalized spacial score (nSPS) is 22.6. The number of anilines is 1. The van der Waals surface area contributed by atoms with Crippen molar-refractivity contribution in [1.29, 1.82) is 0 Å². The number of hydrogen-bond acceptors (Lipinski definition) is 3. The minimum atomic E-state index is 0.0379. The van der Waals surface area contributed by atoms with Crippen LogP contribution in [0.5, 0.6) is 0 Å². The monoisotopic (exact) mass is 308 g/mol. The van der Waals surface area contributed by atoms with Gasteiger partial charge < -0.3 is 10.6 Å². The van der Waals surface area contributed by atoms with E-state index >= 15 is 0 Å². The van der Waals surface area contributed by atoms with Crippen molar-refractivity contribution in [3.8, 4) is 0 Å². The van der Waals surface area contributed by atoms with Crippen LogP contribution in [0, 0.1) is 11.8 Å². The van der Waals surface area contributed by atoms with Crippen molar-refractivity contribution in [3.63, 3.8) is 0 Å². The second-order valence-electron chi connectivity index (χ2n) is 5.62. The van der Waals surface area contributed by atoms with E-state index < -0.39 is 0 Å². The molecular weight excluding hydrogens is 292 g/mol. The van der Waals surface area contributed by atoms with Gasteiger partial charge in [0.1, 0.15) is 4.88 Å². The first kappa shape index (κ1) is 13.7. The van der Waals surface area contributed by atoms with Gasteiger partial charge in [0.15, 0.2) is 0 Å². The molecule has 2 heterocycles. The molecule has 0 spiro atoms. The van der Waals surface area contributed by atoms with Crippen molar-refractivity contribution < 1.29 is 4.79 Å². The number of nitrogens with zero attached hydrogens (tertiary/aromatic N) is 1. The highest BCUT2D eigenvalue weighted by Gasteiger charge is 2.32. The maximum Gasteiger partial charge on any atom is 0.266 e. The van der Waals surface area contributed by atoms with Gasteiger partial charge in [0, 0.05) is 23.2 Å². The van der Waals surface area contributed by atoms with E-state index in [1.54, 1.807) is 6.07 Å². The van der Waals surface area contributed by atoms with Crippen molar-refractivity contribution in [2.75, 3.05) is 18.8 Å². The van der Waals surface area contributed by atoms with Crippen molar-refractivity contribution in [1.82, 2.24) is 4.90 Å². The molecule has 2 unspecified atom stereocenters. The molecule has 1 fully saturated rings. The number of likely N-dealkylation sites (tertiary alicyclic amines) is 1. The number of thiophene rings is 1. The summed E-state index contributed by atoms with van der Waals surface area (Å²) in [5.74, 6) is 1.12. The topological polar surface area (TPSA) is 46.3 Å². The number of fused-ring (bicyclic) bond motifs is 1. The number of benzene rings is 1. The fourth-order valence-corrected chi connectivity index (χ4v) is 4.18. The van der Waals surface area contributed by atoms with Crippen molar-refractivity contribution in [2.24, 2.45) is 11.8 Å². The molecule has 1 aliphatic heterocycles. The summed E-state index contributed by atoms with van der Waals surface area (Å²) in [6.07, 6.45) is 0. The van der Waals surface area contributed by atoms with Crippen LogP contribution in [-0.4, -0.2) is 23.9 Å². The summed E-state index contributed by atoms with van der Waals surface area (Å²) in [6, 6.07) is 5.64. The average Bonchev–Trinajstić information content (AvgIpc) is 2.91. The molecule has 2 aromatic rings. The third-order valence-electron chi connectivity index (χ3n) is 4.17. The first-order chi connectivity index (χ1) is 9.49. The number of carbonyl (C=O) groups excluding carboxylic acids is 1. The third-order valence-corrected chi connectivity index (χ3v) is 5.64. The lowest BCUT2D eigenvalue weighted by molar-refractivity contribution is 0.0791. The Kier molecular flexibility index (Phi) is 3.38. The predicted octanol–water partition coefficient (Wildman–Crippen LogP) is 3.86. The average molecular weight is 309 g/mol. The summed E-state index contributed by atoms with van der Waals surface area (Å²) in [5.41, 5.74) is 6.68. The van der Waals surface area contributed by atoms with E-state index in [4.69, 9.17) is 17.3 Å².